The van der Waals surface area contributed by atoms with Gasteiger partial charge in [0.1, 0.15) is 0 Å². The highest BCUT2D eigenvalue weighted by atomic mass is 15.2. The molecule has 368 valence electrons. The quantitative estimate of drug-likeness (QED) is 0.154. The Labute approximate surface area is 457 Å². The summed E-state index contributed by atoms with van der Waals surface area (Å²) in [5, 5.41) is 0. The second-order valence-electron chi connectivity index (χ2n) is 22.5. The highest BCUT2D eigenvalue weighted by Crippen LogP contribution is 2.65. The van der Waals surface area contributed by atoms with Crippen molar-refractivity contribution in [1.29, 1.82) is 0 Å². The molecule has 11 aromatic rings. The Hall–Kier alpha value is -9.30. The minimum Gasteiger partial charge on any atom is -0.334 e. The number of fused-ring (bicyclic) bond motifs is 16. The van der Waals surface area contributed by atoms with Gasteiger partial charge in [-0.25, -0.2) is 0 Å². The Morgan fingerprint density at radius 2 is 0.756 bits per heavy atom. The number of hydrogen-bond acceptors (Lipinski definition) is 1. The van der Waals surface area contributed by atoms with Crippen LogP contribution >= 0.6 is 0 Å². The molecule has 0 heterocycles. The standard InChI is InChI=1S/C77H55N/c1-75(2)63-36-14-11-31-60(63)72-56(34-20-41-68(72)75)50-45-47-54(48-46-50)78(71-44-22-43-70-74(71)62-33-13-18-40-67(62)77(70)64-37-15-9-29-58(64)59-30-10-16-38-65(59)77)55-28-19-23-51(49-55)57-35-21-42-69-73(57)61-32-12-17-39-66(61)76(69,52-24-5-3-6-25-52)53-26-7-4-8-27-53/h3-27,29-49,55H,28H2,1-2H3. The third kappa shape index (κ3) is 5.96. The van der Waals surface area contributed by atoms with Crippen LogP contribution in [0.5, 0.6) is 0 Å². The van der Waals surface area contributed by atoms with Crippen LogP contribution in [0, 0.1) is 0 Å². The molecule has 1 unspecified atom stereocenters. The lowest BCUT2D eigenvalue weighted by Crippen LogP contribution is -2.31. The molecule has 1 spiro atoms. The Bertz CT molecular complexity index is 4240. The first-order valence-electron chi connectivity index (χ1n) is 27.8. The summed E-state index contributed by atoms with van der Waals surface area (Å²) in [7, 11) is 0. The number of anilines is 2. The highest BCUT2D eigenvalue weighted by Gasteiger charge is 2.53. The maximum atomic E-state index is 2.68. The number of rotatable bonds is 7. The third-order valence-corrected chi connectivity index (χ3v) is 18.5. The molecule has 0 radical (unpaired) electrons. The molecule has 0 saturated heterocycles. The van der Waals surface area contributed by atoms with E-state index in [-0.39, 0.29) is 11.5 Å². The van der Waals surface area contributed by atoms with Crippen molar-refractivity contribution in [3.05, 3.63) is 340 Å². The Balaban J connectivity index is 0.912. The Kier molecular flexibility index (Phi) is 9.71. The summed E-state index contributed by atoms with van der Waals surface area (Å²) < 4.78 is 0. The van der Waals surface area contributed by atoms with Crippen LogP contribution in [0.15, 0.2) is 279 Å². The molecule has 0 bridgehead atoms. The van der Waals surface area contributed by atoms with Gasteiger partial charge in [-0.1, -0.05) is 275 Å². The van der Waals surface area contributed by atoms with E-state index in [0.717, 1.165) is 12.1 Å². The maximum Gasteiger partial charge on any atom is 0.0726 e. The van der Waals surface area contributed by atoms with Crippen LogP contribution in [0.3, 0.4) is 0 Å². The Morgan fingerprint density at radius 3 is 1.37 bits per heavy atom. The van der Waals surface area contributed by atoms with Crippen LogP contribution in [0.4, 0.5) is 11.4 Å². The highest BCUT2D eigenvalue weighted by molar-refractivity contribution is 6.01. The van der Waals surface area contributed by atoms with E-state index in [0.29, 0.717) is 0 Å². The van der Waals surface area contributed by atoms with Gasteiger partial charge in [0.2, 0.25) is 0 Å². The molecule has 11 aromatic carbocycles. The van der Waals surface area contributed by atoms with E-state index in [1.165, 1.54) is 128 Å². The summed E-state index contributed by atoms with van der Waals surface area (Å²) in [5.41, 5.74) is 30.3. The maximum absolute atomic E-state index is 2.68. The van der Waals surface area contributed by atoms with E-state index in [2.05, 4.69) is 298 Å². The van der Waals surface area contributed by atoms with Crippen LogP contribution in [-0.4, -0.2) is 6.04 Å². The van der Waals surface area contributed by atoms with Crippen molar-refractivity contribution in [2.24, 2.45) is 0 Å². The summed E-state index contributed by atoms with van der Waals surface area (Å²) in [6.45, 7) is 4.75. The van der Waals surface area contributed by atoms with E-state index >= 15 is 0 Å². The normalized spacial score (nSPS) is 16.5. The Morgan fingerprint density at radius 1 is 0.333 bits per heavy atom. The summed E-state index contributed by atoms with van der Waals surface area (Å²) in [6, 6.07) is 98.7. The van der Waals surface area contributed by atoms with E-state index in [1.54, 1.807) is 0 Å². The fourth-order valence-electron chi connectivity index (χ4n) is 15.4. The third-order valence-electron chi connectivity index (χ3n) is 18.5. The van der Waals surface area contributed by atoms with Crippen LogP contribution < -0.4 is 4.90 Å². The molecule has 1 nitrogen and oxygen atoms in total. The molecule has 0 amide bonds. The smallest absolute Gasteiger partial charge is 0.0726 e. The van der Waals surface area contributed by atoms with E-state index in [1.807, 2.05) is 0 Å². The lowest BCUT2D eigenvalue weighted by Gasteiger charge is -2.36. The van der Waals surface area contributed by atoms with Crippen molar-refractivity contribution >= 4 is 16.9 Å². The lowest BCUT2D eigenvalue weighted by atomic mass is 9.67. The monoisotopic (exact) mass is 993 g/mol. The fourth-order valence-corrected chi connectivity index (χ4v) is 15.4. The molecule has 78 heavy (non-hydrogen) atoms. The minimum absolute atomic E-state index is 0.0247. The SMILES string of the molecule is CC1(C)c2ccccc2-c2c(-c3ccc(N(c4cccc5c4-c4ccccc4C54c5ccccc5-c5ccccc54)C4C=C(c5cccc6c5-c5ccccc5C6(c5ccccc5)c5ccccc5)C=CC4)cc3)cccc21. The minimum atomic E-state index is -0.487. The van der Waals surface area contributed by atoms with Crippen molar-refractivity contribution in [2.45, 2.75) is 42.6 Å². The predicted molar refractivity (Wildman–Crippen MR) is 324 cm³/mol. The van der Waals surface area contributed by atoms with Crippen molar-refractivity contribution in [3.63, 3.8) is 0 Å². The zero-order chi connectivity index (χ0) is 51.7. The first kappa shape index (κ1) is 44.9. The predicted octanol–water partition coefficient (Wildman–Crippen LogP) is 18.9. The van der Waals surface area contributed by atoms with Gasteiger partial charge in [-0.15, -0.1) is 0 Å². The molecule has 0 fully saturated rings. The van der Waals surface area contributed by atoms with Gasteiger partial charge < -0.3 is 4.90 Å². The van der Waals surface area contributed by atoms with Crippen LogP contribution in [0.1, 0.15) is 81.5 Å². The van der Waals surface area contributed by atoms with Gasteiger partial charge in [0.25, 0.3) is 0 Å². The number of allylic oxidation sites excluding steroid dienone is 2. The van der Waals surface area contributed by atoms with E-state index in [9.17, 15) is 0 Å². The van der Waals surface area contributed by atoms with Gasteiger partial charge in [0, 0.05) is 22.4 Å². The zero-order valence-electron chi connectivity index (χ0n) is 43.8. The molecule has 5 aliphatic rings. The molecule has 0 saturated carbocycles. The summed E-state index contributed by atoms with van der Waals surface area (Å²) in [6.07, 6.45) is 8.24. The lowest BCUT2D eigenvalue weighted by molar-refractivity contribution is 0.660. The fraction of sp³-hybridized carbons (Fsp3) is 0.0909. The number of nitrogens with zero attached hydrogens (tertiary/aromatic N) is 1. The average Bonchev–Trinajstić information content (AvgIpc) is 4.32. The second-order valence-corrected chi connectivity index (χ2v) is 22.5. The van der Waals surface area contributed by atoms with Crippen LogP contribution in [0.2, 0.25) is 0 Å². The second kappa shape index (κ2) is 16.8. The molecule has 16 rings (SSSR count). The van der Waals surface area contributed by atoms with Crippen LogP contribution in [-0.2, 0) is 16.2 Å². The van der Waals surface area contributed by atoms with Gasteiger partial charge in [0.05, 0.1) is 16.9 Å². The topological polar surface area (TPSA) is 3.24 Å². The zero-order valence-corrected chi connectivity index (χ0v) is 43.8. The summed E-state index contributed by atoms with van der Waals surface area (Å²) >= 11 is 0. The van der Waals surface area contributed by atoms with Gasteiger partial charge in [0.15, 0.2) is 0 Å². The van der Waals surface area contributed by atoms with Gasteiger partial charge in [-0.05, 0) is 141 Å². The molecule has 0 aliphatic heterocycles. The molecule has 1 heteroatoms. The van der Waals surface area contributed by atoms with E-state index < -0.39 is 10.8 Å². The molecular weight excluding hydrogens is 939 g/mol. The van der Waals surface area contributed by atoms with Gasteiger partial charge in [-0.3, -0.25) is 0 Å². The van der Waals surface area contributed by atoms with Gasteiger partial charge in [-0.2, -0.15) is 0 Å². The summed E-state index contributed by atoms with van der Waals surface area (Å²) in [4.78, 5) is 2.68. The average molecular weight is 994 g/mol. The summed E-state index contributed by atoms with van der Waals surface area (Å²) in [5.74, 6) is 0. The largest absolute Gasteiger partial charge is 0.334 e. The van der Waals surface area contributed by atoms with Crippen molar-refractivity contribution in [2.75, 3.05) is 4.90 Å². The molecular formula is C77H55N. The molecule has 0 N–H and O–H groups in total. The number of benzene rings is 11. The number of hydrogen-bond donors (Lipinski definition) is 0. The van der Waals surface area contributed by atoms with Crippen LogP contribution in [0.25, 0.3) is 61.2 Å². The molecule has 0 aromatic heterocycles. The van der Waals surface area contributed by atoms with Crippen molar-refractivity contribution in [1.82, 2.24) is 0 Å². The van der Waals surface area contributed by atoms with Crippen molar-refractivity contribution < 1.29 is 0 Å². The van der Waals surface area contributed by atoms with Crippen molar-refractivity contribution in [3.8, 4) is 55.6 Å². The first-order chi connectivity index (χ1) is 38.5. The molecule has 5 aliphatic carbocycles. The molecule has 1 atom stereocenters. The van der Waals surface area contributed by atoms with E-state index in [4.69, 9.17) is 0 Å². The first-order valence-corrected chi connectivity index (χ1v) is 27.8. The van der Waals surface area contributed by atoms with Gasteiger partial charge >= 0.3 is 0 Å².